The van der Waals surface area contributed by atoms with Crippen LogP contribution in [0.2, 0.25) is 0 Å². The number of carbonyl (C=O) groups is 2. The van der Waals surface area contributed by atoms with Crippen LogP contribution in [0, 0.1) is 0 Å². The van der Waals surface area contributed by atoms with Gasteiger partial charge in [0.15, 0.2) is 6.23 Å². The van der Waals surface area contributed by atoms with Crippen LogP contribution in [0.5, 0.6) is 0 Å². The lowest BCUT2D eigenvalue weighted by atomic mass is 10.2. The Balaban J connectivity index is 1.98. The molecule has 16 heteroatoms. The van der Waals surface area contributed by atoms with Crippen molar-refractivity contribution in [2.45, 2.75) is 65.6 Å². The number of carbonyl (C=O) groups excluding carboxylic acids is 2. The van der Waals surface area contributed by atoms with E-state index in [0.717, 1.165) is 0 Å². The molecule has 0 aliphatic carbocycles. The highest BCUT2D eigenvalue weighted by molar-refractivity contribution is 7.48. The van der Waals surface area contributed by atoms with Crippen LogP contribution in [-0.4, -0.2) is 60.4 Å². The number of nitrogens with one attached hydrogen (secondary N) is 1. The first-order valence-electron chi connectivity index (χ1n) is 11.3. The molecule has 2 rings (SSSR count). The standard InChI is InChI=1S/C21H31N2O13P/c1-6-15-9-23(19(25)22-18(15)24)17-8-7-16(36-17)10-31-37(28,32-11-29-20(26)34-13(2)3)33-12-30-21(27)35-14(4)5/h7-9,13-14,16-17H,6,10-12H2,1-5H3,(H,22,24,25)/t16-,17+/m0/s1. The monoisotopic (exact) mass is 550 g/mol. The Hall–Kier alpha value is -2.97. The Morgan fingerprint density at radius 2 is 1.57 bits per heavy atom. The average molecular weight is 550 g/mol. The Labute approximate surface area is 212 Å². The summed E-state index contributed by atoms with van der Waals surface area (Å²) in [5.74, 6) is 0. The van der Waals surface area contributed by atoms with Gasteiger partial charge < -0.3 is 23.7 Å². The number of phosphoric ester groups is 1. The van der Waals surface area contributed by atoms with E-state index >= 15 is 0 Å². The van der Waals surface area contributed by atoms with Crippen molar-refractivity contribution in [2.24, 2.45) is 0 Å². The number of ether oxygens (including phenoxy) is 5. The van der Waals surface area contributed by atoms with Gasteiger partial charge in [0.1, 0.15) is 6.10 Å². The summed E-state index contributed by atoms with van der Waals surface area (Å²) < 4.78 is 53.9. The average Bonchev–Trinajstić information content (AvgIpc) is 3.26. The number of H-pyrrole nitrogens is 1. The van der Waals surface area contributed by atoms with Crippen molar-refractivity contribution in [1.29, 1.82) is 0 Å². The van der Waals surface area contributed by atoms with Crippen molar-refractivity contribution >= 4 is 20.1 Å². The highest BCUT2D eigenvalue weighted by atomic mass is 31.2. The minimum Gasteiger partial charge on any atom is -0.432 e. The van der Waals surface area contributed by atoms with Gasteiger partial charge in [-0.2, -0.15) is 0 Å². The van der Waals surface area contributed by atoms with Gasteiger partial charge in [0.2, 0.25) is 13.6 Å². The zero-order chi connectivity index (χ0) is 27.6. The zero-order valence-corrected chi connectivity index (χ0v) is 22.0. The van der Waals surface area contributed by atoms with Gasteiger partial charge in [-0.25, -0.2) is 28.0 Å². The number of phosphoric acid groups is 1. The fourth-order valence-corrected chi connectivity index (χ4v) is 3.63. The van der Waals surface area contributed by atoms with Gasteiger partial charge in [-0.05, 0) is 40.2 Å². The fraction of sp³-hybridized carbons (Fsp3) is 0.619. The molecule has 0 unspecified atom stereocenters. The van der Waals surface area contributed by atoms with Crippen molar-refractivity contribution in [3.63, 3.8) is 0 Å². The van der Waals surface area contributed by atoms with Crippen LogP contribution in [0.25, 0.3) is 0 Å². The molecule has 0 aromatic carbocycles. The molecule has 15 nitrogen and oxygen atoms in total. The van der Waals surface area contributed by atoms with Crippen molar-refractivity contribution in [2.75, 3.05) is 20.2 Å². The number of rotatable bonds is 13. The molecular weight excluding hydrogens is 519 g/mol. The smallest absolute Gasteiger partial charge is 0.432 e. The van der Waals surface area contributed by atoms with Crippen LogP contribution >= 0.6 is 7.82 Å². The van der Waals surface area contributed by atoms with Gasteiger partial charge in [0.05, 0.1) is 18.8 Å². The molecule has 1 aromatic heterocycles. The summed E-state index contributed by atoms with van der Waals surface area (Å²) in [5, 5.41) is 0. The zero-order valence-electron chi connectivity index (χ0n) is 21.1. The first kappa shape index (κ1) is 30.3. The molecule has 1 aliphatic rings. The Kier molecular flexibility index (Phi) is 11.5. The molecule has 1 N–H and O–H groups in total. The number of nitrogens with zero attached hydrogens (tertiary/aromatic N) is 1. The third kappa shape index (κ3) is 10.1. The van der Waals surface area contributed by atoms with Gasteiger partial charge in [0, 0.05) is 11.8 Å². The van der Waals surface area contributed by atoms with Crippen LogP contribution in [0.4, 0.5) is 9.59 Å². The molecule has 0 fully saturated rings. The van der Waals surface area contributed by atoms with E-state index < -0.39 is 76.1 Å². The van der Waals surface area contributed by atoms with E-state index in [1.807, 2.05) is 0 Å². The number of hydrogen-bond donors (Lipinski definition) is 1. The number of hydrogen-bond acceptors (Lipinski definition) is 13. The minimum absolute atomic E-state index is 0.384. The first-order chi connectivity index (χ1) is 17.4. The van der Waals surface area contributed by atoms with E-state index in [-0.39, 0.29) is 0 Å². The second-order valence-electron chi connectivity index (χ2n) is 7.98. The van der Waals surface area contributed by atoms with Gasteiger partial charge >= 0.3 is 25.8 Å². The van der Waals surface area contributed by atoms with Crippen molar-refractivity contribution in [1.82, 2.24) is 9.55 Å². The van der Waals surface area contributed by atoms with E-state index in [4.69, 9.17) is 27.8 Å². The fourth-order valence-electron chi connectivity index (χ4n) is 2.72. The molecule has 1 aromatic rings. The van der Waals surface area contributed by atoms with Gasteiger partial charge in [-0.3, -0.25) is 18.9 Å². The molecule has 0 amide bonds. The largest absolute Gasteiger partial charge is 0.510 e. The van der Waals surface area contributed by atoms with Crippen LogP contribution < -0.4 is 11.2 Å². The second kappa shape index (κ2) is 14.1. The maximum Gasteiger partial charge on any atom is 0.510 e. The SMILES string of the molecule is CCc1cn([C@H]2C=C[C@@H](COP(=O)(OCOC(=O)OC(C)C)OCOC(=O)OC(C)C)O2)c(=O)[nH]c1=O. The van der Waals surface area contributed by atoms with Crippen LogP contribution in [0.1, 0.15) is 46.4 Å². The topological polar surface area (TPSA) is 180 Å². The predicted molar refractivity (Wildman–Crippen MR) is 125 cm³/mol. The van der Waals surface area contributed by atoms with Gasteiger partial charge in [-0.1, -0.05) is 13.0 Å². The molecule has 0 bridgehead atoms. The molecule has 0 saturated carbocycles. The molecule has 0 radical (unpaired) electrons. The highest BCUT2D eigenvalue weighted by Crippen LogP contribution is 2.49. The Morgan fingerprint density at radius 3 is 2.08 bits per heavy atom. The molecule has 0 saturated heterocycles. The van der Waals surface area contributed by atoms with E-state index in [1.54, 1.807) is 34.6 Å². The van der Waals surface area contributed by atoms with E-state index in [0.29, 0.717) is 12.0 Å². The number of aryl methyl sites for hydroxylation is 1. The van der Waals surface area contributed by atoms with E-state index in [1.165, 1.54) is 22.9 Å². The molecule has 0 spiro atoms. The third-order valence-corrected chi connectivity index (χ3v) is 5.65. The molecule has 208 valence electrons. The third-order valence-electron chi connectivity index (χ3n) is 4.34. The number of aromatic amines is 1. The molecule has 2 heterocycles. The molecule has 37 heavy (non-hydrogen) atoms. The Bertz CT molecular complexity index is 1080. The van der Waals surface area contributed by atoms with Crippen LogP contribution in [0.3, 0.4) is 0 Å². The second-order valence-corrected chi connectivity index (χ2v) is 9.65. The predicted octanol–water partition coefficient (Wildman–Crippen LogP) is 2.75. The maximum absolute atomic E-state index is 13.0. The molecule has 2 atom stereocenters. The summed E-state index contributed by atoms with van der Waals surface area (Å²) in [6.45, 7) is 6.02. The lowest BCUT2D eigenvalue weighted by Crippen LogP contribution is -2.34. The lowest BCUT2D eigenvalue weighted by Gasteiger charge is -2.20. The van der Waals surface area contributed by atoms with Gasteiger partial charge in [-0.15, -0.1) is 0 Å². The van der Waals surface area contributed by atoms with Crippen molar-refractivity contribution < 1.29 is 51.4 Å². The summed E-state index contributed by atoms with van der Waals surface area (Å²) in [6, 6.07) is 0. The summed E-state index contributed by atoms with van der Waals surface area (Å²) in [7, 11) is -4.47. The summed E-state index contributed by atoms with van der Waals surface area (Å²) in [6.07, 6.45) is 0.0850. The Morgan fingerprint density at radius 1 is 1.00 bits per heavy atom. The molecule has 1 aliphatic heterocycles. The number of aromatic nitrogens is 2. The summed E-state index contributed by atoms with van der Waals surface area (Å²) in [4.78, 5) is 49.2. The highest BCUT2D eigenvalue weighted by Gasteiger charge is 2.32. The van der Waals surface area contributed by atoms with Crippen LogP contribution in [0.15, 0.2) is 27.9 Å². The quantitative estimate of drug-likeness (QED) is 0.164. The maximum atomic E-state index is 13.0. The normalized spacial score (nSPS) is 17.3. The summed E-state index contributed by atoms with van der Waals surface area (Å²) in [5.41, 5.74) is -0.777. The lowest BCUT2D eigenvalue weighted by molar-refractivity contribution is -0.0555. The van der Waals surface area contributed by atoms with E-state index in [9.17, 15) is 23.7 Å². The van der Waals surface area contributed by atoms with Crippen LogP contribution in [-0.2, 0) is 48.2 Å². The van der Waals surface area contributed by atoms with E-state index in [2.05, 4.69) is 14.5 Å². The minimum atomic E-state index is -4.47. The van der Waals surface area contributed by atoms with Gasteiger partial charge in [0.25, 0.3) is 5.56 Å². The van der Waals surface area contributed by atoms with Crippen molar-refractivity contribution in [3.8, 4) is 0 Å². The molecular formula is C21H31N2O13P. The summed E-state index contributed by atoms with van der Waals surface area (Å²) >= 11 is 0. The van der Waals surface area contributed by atoms with Crippen molar-refractivity contribution in [3.05, 3.63) is 44.8 Å². The first-order valence-corrected chi connectivity index (χ1v) is 12.8.